The van der Waals surface area contributed by atoms with E-state index in [-0.39, 0.29) is 17.4 Å². The Kier molecular flexibility index (Phi) is 5.15. The van der Waals surface area contributed by atoms with Crippen molar-refractivity contribution in [1.82, 2.24) is 19.7 Å². The van der Waals surface area contributed by atoms with Crippen LogP contribution in [0.5, 0.6) is 11.5 Å². The number of aromatic nitrogens is 3. The van der Waals surface area contributed by atoms with E-state index >= 15 is 0 Å². The fraction of sp³-hybridized carbons (Fsp3) is 0.364. The Morgan fingerprint density at radius 1 is 0.897 bits per heavy atom. The molecule has 4 rings (SSSR count). The van der Waals surface area contributed by atoms with Gasteiger partial charge in [-0.05, 0) is 48.9 Å². The van der Waals surface area contributed by atoms with Gasteiger partial charge in [0, 0.05) is 43.6 Å². The number of benzene rings is 2. The summed E-state index contributed by atoms with van der Waals surface area (Å²) in [5, 5.41) is 28.8. The molecule has 0 unspecified atom stereocenters. The van der Waals surface area contributed by atoms with Gasteiger partial charge in [-0.25, -0.2) is 0 Å². The van der Waals surface area contributed by atoms with Gasteiger partial charge in [-0.15, -0.1) is 10.2 Å². The minimum Gasteiger partial charge on any atom is -0.508 e. The summed E-state index contributed by atoms with van der Waals surface area (Å²) in [6.07, 6.45) is 1.64. The first-order chi connectivity index (χ1) is 13.9. The number of rotatable bonds is 4. The van der Waals surface area contributed by atoms with Gasteiger partial charge >= 0.3 is 0 Å². The molecule has 1 aromatic heterocycles. The van der Waals surface area contributed by atoms with Crippen LogP contribution in [0.4, 0.5) is 5.69 Å². The minimum atomic E-state index is -0.0183. The number of phenols is 2. The van der Waals surface area contributed by atoms with Gasteiger partial charge in [0.1, 0.15) is 17.8 Å². The Morgan fingerprint density at radius 3 is 2.21 bits per heavy atom. The van der Waals surface area contributed by atoms with E-state index in [1.807, 2.05) is 30.5 Å². The molecule has 152 valence electrons. The summed E-state index contributed by atoms with van der Waals surface area (Å²) in [5.41, 5.74) is 3.43. The summed E-state index contributed by atoms with van der Waals surface area (Å²) in [7, 11) is 2.15. The van der Waals surface area contributed by atoms with E-state index in [0.29, 0.717) is 11.4 Å². The van der Waals surface area contributed by atoms with Crippen LogP contribution in [-0.2, 0) is 0 Å². The van der Waals surface area contributed by atoms with E-state index in [4.69, 9.17) is 0 Å². The molecule has 0 amide bonds. The van der Waals surface area contributed by atoms with Crippen LogP contribution in [0.1, 0.15) is 25.3 Å². The highest BCUT2D eigenvalue weighted by Crippen LogP contribution is 2.37. The van der Waals surface area contributed by atoms with Crippen molar-refractivity contribution in [3.8, 4) is 28.6 Å². The van der Waals surface area contributed by atoms with Crippen LogP contribution < -0.4 is 4.90 Å². The predicted octanol–water partition coefficient (Wildman–Crippen LogP) is 3.22. The molecule has 1 aliphatic heterocycles. The third kappa shape index (κ3) is 3.78. The van der Waals surface area contributed by atoms with Crippen molar-refractivity contribution in [3.63, 3.8) is 0 Å². The second-order valence-corrected chi connectivity index (χ2v) is 7.91. The Balaban J connectivity index is 1.66. The van der Waals surface area contributed by atoms with Crippen molar-refractivity contribution in [2.75, 3.05) is 38.1 Å². The highest BCUT2D eigenvalue weighted by Gasteiger charge is 2.18. The van der Waals surface area contributed by atoms with Crippen LogP contribution in [0.2, 0.25) is 0 Å². The topological polar surface area (TPSA) is 77.7 Å². The summed E-state index contributed by atoms with van der Waals surface area (Å²) in [4.78, 5) is 4.72. The second-order valence-electron chi connectivity index (χ2n) is 7.91. The molecule has 1 fully saturated rings. The zero-order valence-electron chi connectivity index (χ0n) is 17.1. The Labute approximate surface area is 170 Å². The van der Waals surface area contributed by atoms with Crippen LogP contribution in [0, 0.1) is 0 Å². The van der Waals surface area contributed by atoms with Crippen LogP contribution >= 0.6 is 0 Å². The van der Waals surface area contributed by atoms with Crippen molar-refractivity contribution in [3.05, 3.63) is 48.3 Å². The molecule has 0 radical (unpaired) electrons. The molecular weight excluding hydrogens is 366 g/mol. The molecule has 0 spiro atoms. The smallest absolute Gasteiger partial charge is 0.172 e. The molecular formula is C22H27N5O2. The quantitative estimate of drug-likeness (QED) is 0.709. The summed E-state index contributed by atoms with van der Waals surface area (Å²) < 4.78 is 1.85. The molecule has 7 heteroatoms. The lowest BCUT2D eigenvalue weighted by atomic mass is 9.98. The largest absolute Gasteiger partial charge is 0.508 e. The van der Waals surface area contributed by atoms with Crippen molar-refractivity contribution in [1.29, 1.82) is 0 Å². The average molecular weight is 393 g/mol. The van der Waals surface area contributed by atoms with Gasteiger partial charge < -0.3 is 20.0 Å². The zero-order chi connectivity index (χ0) is 20.5. The van der Waals surface area contributed by atoms with Crippen LogP contribution in [-0.4, -0.2) is 63.1 Å². The summed E-state index contributed by atoms with van der Waals surface area (Å²) in [6, 6.07) is 11.5. The number of likely N-dealkylation sites (N-methyl/N-ethyl adjacent to an activating group) is 1. The first-order valence-corrected chi connectivity index (χ1v) is 9.94. The van der Waals surface area contributed by atoms with Crippen LogP contribution in [0.25, 0.3) is 17.1 Å². The van der Waals surface area contributed by atoms with Gasteiger partial charge in [0.15, 0.2) is 5.82 Å². The number of nitrogens with zero attached hydrogens (tertiary/aromatic N) is 5. The molecule has 7 nitrogen and oxygen atoms in total. The van der Waals surface area contributed by atoms with Gasteiger partial charge in [-0.1, -0.05) is 13.8 Å². The number of anilines is 1. The lowest BCUT2D eigenvalue weighted by Crippen LogP contribution is -2.44. The average Bonchev–Trinajstić information content (AvgIpc) is 3.18. The lowest BCUT2D eigenvalue weighted by Gasteiger charge is -2.34. The number of phenolic OH excluding ortho intramolecular Hbond substituents is 2. The molecule has 1 saturated heterocycles. The maximum absolute atomic E-state index is 10.4. The van der Waals surface area contributed by atoms with Crippen molar-refractivity contribution < 1.29 is 10.2 Å². The molecule has 2 heterocycles. The van der Waals surface area contributed by atoms with Crippen LogP contribution in [0.15, 0.2) is 42.7 Å². The highest BCUT2D eigenvalue weighted by molar-refractivity contribution is 5.69. The number of hydrogen-bond acceptors (Lipinski definition) is 6. The van der Waals surface area contributed by atoms with Crippen molar-refractivity contribution in [2.45, 2.75) is 19.8 Å². The molecule has 2 aromatic carbocycles. The minimum absolute atomic E-state index is 0.0183. The second kappa shape index (κ2) is 7.75. The third-order valence-corrected chi connectivity index (χ3v) is 5.55. The summed E-state index contributed by atoms with van der Waals surface area (Å²) >= 11 is 0. The van der Waals surface area contributed by atoms with Gasteiger partial charge in [0.25, 0.3) is 0 Å². The highest BCUT2D eigenvalue weighted by atomic mass is 16.3. The maximum Gasteiger partial charge on any atom is 0.172 e. The SMILES string of the molecule is CC(C)c1cc(-c2nncn2-c2ccc(N3CCN(C)CC3)cc2)c(O)cc1O. The maximum atomic E-state index is 10.4. The van der Waals surface area contributed by atoms with E-state index < -0.39 is 0 Å². The van der Waals surface area contributed by atoms with Gasteiger partial charge in [-0.3, -0.25) is 4.57 Å². The van der Waals surface area contributed by atoms with Gasteiger partial charge in [0.2, 0.25) is 0 Å². The molecule has 3 aromatic rings. The van der Waals surface area contributed by atoms with Gasteiger partial charge in [0.05, 0.1) is 5.56 Å². The molecule has 0 aliphatic carbocycles. The fourth-order valence-corrected chi connectivity index (χ4v) is 3.73. The van der Waals surface area contributed by atoms with E-state index in [1.165, 1.54) is 11.8 Å². The number of hydrogen-bond donors (Lipinski definition) is 2. The molecule has 0 atom stereocenters. The van der Waals surface area contributed by atoms with E-state index in [9.17, 15) is 10.2 Å². The number of aromatic hydroxyl groups is 2. The predicted molar refractivity (Wildman–Crippen MR) is 114 cm³/mol. The van der Waals surface area contributed by atoms with Crippen molar-refractivity contribution >= 4 is 5.69 Å². The Hall–Kier alpha value is -3.06. The molecule has 0 saturated carbocycles. The first kappa shape index (κ1) is 19.3. The Bertz CT molecular complexity index is 989. The summed E-state index contributed by atoms with van der Waals surface area (Å²) in [6.45, 7) is 8.17. The Morgan fingerprint density at radius 2 is 1.55 bits per heavy atom. The number of piperazine rings is 1. The van der Waals surface area contributed by atoms with Crippen molar-refractivity contribution in [2.24, 2.45) is 0 Å². The summed E-state index contributed by atoms with van der Waals surface area (Å²) in [5.74, 6) is 0.726. The standard InChI is InChI=1S/C22H27N5O2/c1-15(2)18-12-19(21(29)13-20(18)28)22-24-23-14-27(22)17-6-4-16(5-7-17)26-10-8-25(3)9-11-26/h4-7,12-15,28-29H,8-11H2,1-3H3. The lowest BCUT2D eigenvalue weighted by molar-refractivity contribution is 0.313. The van der Waals surface area contributed by atoms with Crippen LogP contribution in [0.3, 0.4) is 0 Å². The monoisotopic (exact) mass is 393 g/mol. The third-order valence-electron chi connectivity index (χ3n) is 5.55. The van der Waals surface area contributed by atoms with E-state index in [1.54, 1.807) is 12.4 Å². The zero-order valence-corrected chi connectivity index (χ0v) is 17.1. The fourth-order valence-electron chi connectivity index (χ4n) is 3.73. The van der Waals surface area contributed by atoms with Gasteiger partial charge in [-0.2, -0.15) is 0 Å². The molecule has 2 N–H and O–H groups in total. The molecule has 1 aliphatic rings. The van der Waals surface area contributed by atoms with E-state index in [0.717, 1.165) is 37.4 Å². The molecule has 29 heavy (non-hydrogen) atoms. The first-order valence-electron chi connectivity index (χ1n) is 9.94. The van der Waals surface area contributed by atoms with E-state index in [2.05, 4.69) is 39.2 Å². The molecule has 0 bridgehead atoms. The normalized spacial score (nSPS) is 15.2.